The number of nitrogens with zero attached hydrogens (tertiary/aromatic N) is 2. The molecule has 0 aliphatic heterocycles. The first-order chi connectivity index (χ1) is 11.2. The van der Waals surface area contributed by atoms with Crippen molar-refractivity contribution in [2.45, 2.75) is 37.8 Å². The van der Waals surface area contributed by atoms with Crippen molar-refractivity contribution in [3.63, 3.8) is 0 Å². The van der Waals surface area contributed by atoms with Gasteiger partial charge in [0, 0.05) is 12.1 Å². The van der Waals surface area contributed by atoms with Gasteiger partial charge in [-0.2, -0.15) is 0 Å². The molecule has 0 heterocycles. The second-order valence-electron chi connectivity index (χ2n) is 5.80. The summed E-state index contributed by atoms with van der Waals surface area (Å²) in [5.74, 6) is -4.76. The SMILES string of the molecule is O.O=C(O)CN(CC(=O)O)[C@@H]1CCCC[C@H]1N(CC(=O)O)CC(=O)O. The van der Waals surface area contributed by atoms with Crippen LogP contribution in [-0.4, -0.2) is 97.8 Å². The van der Waals surface area contributed by atoms with Gasteiger partial charge in [0.05, 0.1) is 26.2 Å². The topological polar surface area (TPSA) is 187 Å². The Hall–Kier alpha value is -2.24. The van der Waals surface area contributed by atoms with E-state index >= 15 is 0 Å². The standard InChI is InChI=1S/C14H22N2O8.H2O/c17-11(18)5-15(6-12(19)20)9-3-1-2-4-10(9)16(7-13(21)22)8-14(23)24;/h9-10H,1-8H2,(H,17,18)(H,19,20)(H,21,22)(H,23,24);1H2/t9-,10-;/m1./s1. The van der Waals surface area contributed by atoms with E-state index in [-0.39, 0.29) is 5.48 Å². The summed E-state index contributed by atoms with van der Waals surface area (Å²) in [4.78, 5) is 46.7. The molecule has 0 aromatic heterocycles. The monoisotopic (exact) mass is 364 g/mol. The minimum atomic E-state index is -1.19. The summed E-state index contributed by atoms with van der Waals surface area (Å²) in [6, 6.07) is -1.05. The molecule has 0 saturated heterocycles. The van der Waals surface area contributed by atoms with Gasteiger partial charge in [-0.25, -0.2) is 0 Å². The van der Waals surface area contributed by atoms with Crippen LogP contribution >= 0.6 is 0 Å². The fourth-order valence-corrected chi connectivity index (χ4v) is 3.22. The third kappa shape index (κ3) is 7.92. The summed E-state index contributed by atoms with van der Waals surface area (Å²) in [5.41, 5.74) is 0. The van der Waals surface area contributed by atoms with Crippen LogP contribution in [0.4, 0.5) is 0 Å². The van der Waals surface area contributed by atoms with Crippen molar-refractivity contribution in [2.75, 3.05) is 26.2 Å². The molecule has 0 aromatic carbocycles. The van der Waals surface area contributed by atoms with E-state index in [9.17, 15) is 19.2 Å². The van der Waals surface area contributed by atoms with Crippen molar-refractivity contribution in [1.29, 1.82) is 0 Å². The molecular weight excluding hydrogens is 340 g/mol. The van der Waals surface area contributed by atoms with E-state index < -0.39 is 62.1 Å². The van der Waals surface area contributed by atoms with Gasteiger partial charge in [0.2, 0.25) is 0 Å². The maximum Gasteiger partial charge on any atom is 0.317 e. The van der Waals surface area contributed by atoms with Gasteiger partial charge in [-0.1, -0.05) is 12.8 Å². The lowest BCUT2D eigenvalue weighted by atomic mass is 9.87. The van der Waals surface area contributed by atoms with Gasteiger partial charge in [-0.3, -0.25) is 29.0 Å². The molecule has 1 rings (SSSR count). The Balaban J connectivity index is 0.00000576. The molecule has 144 valence electrons. The van der Waals surface area contributed by atoms with E-state index in [0.717, 1.165) is 12.8 Å². The summed E-state index contributed by atoms with van der Waals surface area (Å²) in [5, 5.41) is 36.0. The minimum Gasteiger partial charge on any atom is -0.480 e. The zero-order chi connectivity index (χ0) is 18.3. The predicted molar refractivity (Wildman–Crippen MR) is 83.3 cm³/mol. The second kappa shape index (κ2) is 10.6. The Morgan fingerprint density at radius 3 is 1.08 bits per heavy atom. The van der Waals surface area contributed by atoms with Gasteiger partial charge in [-0.15, -0.1) is 0 Å². The third-order valence-electron chi connectivity index (χ3n) is 3.99. The zero-order valence-electron chi connectivity index (χ0n) is 13.6. The van der Waals surface area contributed by atoms with Crippen LogP contribution in [0.1, 0.15) is 25.7 Å². The Morgan fingerprint density at radius 1 is 0.640 bits per heavy atom. The lowest BCUT2D eigenvalue weighted by molar-refractivity contribution is -0.149. The predicted octanol–water partition coefficient (Wildman–Crippen LogP) is -1.58. The van der Waals surface area contributed by atoms with Gasteiger partial charge in [0.15, 0.2) is 0 Å². The van der Waals surface area contributed by atoms with E-state index in [1.54, 1.807) is 0 Å². The van der Waals surface area contributed by atoms with Crippen molar-refractivity contribution < 1.29 is 45.1 Å². The quantitative estimate of drug-likeness (QED) is 0.352. The molecule has 1 aliphatic rings. The largest absolute Gasteiger partial charge is 0.480 e. The van der Waals surface area contributed by atoms with Crippen molar-refractivity contribution in [3.05, 3.63) is 0 Å². The van der Waals surface area contributed by atoms with Crippen molar-refractivity contribution in [1.82, 2.24) is 9.80 Å². The number of aliphatic carboxylic acids is 4. The molecule has 6 N–H and O–H groups in total. The number of carbonyl (C=O) groups is 4. The van der Waals surface area contributed by atoms with Gasteiger partial charge in [-0.05, 0) is 12.8 Å². The van der Waals surface area contributed by atoms with Crippen molar-refractivity contribution >= 4 is 23.9 Å². The van der Waals surface area contributed by atoms with Gasteiger partial charge in [0.1, 0.15) is 0 Å². The lowest BCUT2D eigenvalue weighted by Crippen LogP contribution is -2.57. The molecule has 1 aliphatic carbocycles. The maximum atomic E-state index is 11.0. The molecule has 1 saturated carbocycles. The lowest BCUT2D eigenvalue weighted by Gasteiger charge is -2.43. The van der Waals surface area contributed by atoms with Crippen LogP contribution in [-0.2, 0) is 19.2 Å². The highest BCUT2D eigenvalue weighted by Crippen LogP contribution is 2.27. The van der Waals surface area contributed by atoms with E-state index in [2.05, 4.69) is 0 Å². The molecule has 1 fully saturated rings. The highest BCUT2D eigenvalue weighted by molar-refractivity contribution is 5.73. The average molecular weight is 364 g/mol. The maximum absolute atomic E-state index is 11.0. The van der Waals surface area contributed by atoms with Gasteiger partial charge in [0.25, 0.3) is 0 Å². The van der Waals surface area contributed by atoms with Crippen LogP contribution in [0.2, 0.25) is 0 Å². The summed E-state index contributed by atoms with van der Waals surface area (Å²) in [6.07, 6.45) is 2.46. The number of carboxylic acids is 4. The van der Waals surface area contributed by atoms with Gasteiger partial charge < -0.3 is 25.9 Å². The van der Waals surface area contributed by atoms with Crippen molar-refractivity contribution in [3.8, 4) is 0 Å². The van der Waals surface area contributed by atoms with E-state index in [0.29, 0.717) is 12.8 Å². The van der Waals surface area contributed by atoms with Crippen molar-refractivity contribution in [2.24, 2.45) is 0 Å². The first kappa shape index (κ1) is 22.8. The molecule has 0 spiro atoms. The Kier molecular flexibility index (Phi) is 9.64. The van der Waals surface area contributed by atoms with Crippen LogP contribution in [0.25, 0.3) is 0 Å². The molecule has 0 bridgehead atoms. The first-order valence-electron chi connectivity index (χ1n) is 7.56. The number of hydrogen-bond donors (Lipinski definition) is 4. The summed E-state index contributed by atoms with van der Waals surface area (Å²) in [7, 11) is 0. The van der Waals surface area contributed by atoms with Crippen LogP contribution < -0.4 is 0 Å². The van der Waals surface area contributed by atoms with Crippen LogP contribution in [0.15, 0.2) is 0 Å². The van der Waals surface area contributed by atoms with Gasteiger partial charge >= 0.3 is 23.9 Å². The Bertz CT molecular complexity index is 421. The third-order valence-corrected chi connectivity index (χ3v) is 3.99. The molecule has 25 heavy (non-hydrogen) atoms. The van der Waals surface area contributed by atoms with E-state index in [4.69, 9.17) is 20.4 Å². The molecule has 0 unspecified atom stereocenters. The molecule has 11 nitrogen and oxygen atoms in total. The second-order valence-corrected chi connectivity index (χ2v) is 5.80. The molecular formula is C14H24N2O9. The average Bonchev–Trinajstić information content (AvgIpc) is 2.44. The molecule has 11 heteroatoms. The first-order valence-corrected chi connectivity index (χ1v) is 7.56. The molecule has 0 aromatic rings. The number of rotatable bonds is 10. The van der Waals surface area contributed by atoms with E-state index in [1.807, 2.05) is 0 Å². The molecule has 0 amide bonds. The minimum absolute atomic E-state index is 0. The summed E-state index contributed by atoms with van der Waals surface area (Å²) >= 11 is 0. The zero-order valence-corrected chi connectivity index (χ0v) is 13.6. The Labute approximate surface area is 143 Å². The van der Waals surface area contributed by atoms with Crippen LogP contribution in [0.3, 0.4) is 0 Å². The summed E-state index contributed by atoms with van der Waals surface area (Å²) < 4.78 is 0. The molecule has 0 radical (unpaired) electrons. The number of carboxylic acid groups (broad SMARTS) is 4. The van der Waals surface area contributed by atoms with E-state index in [1.165, 1.54) is 9.80 Å². The Morgan fingerprint density at radius 2 is 0.880 bits per heavy atom. The van der Waals surface area contributed by atoms with Crippen LogP contribution in [0, 0.1) is 0 Å². The summed E-state index contributed by atoms with van der Waals surface area (Å²) in [6.45, 7) is -1.99. The molecule has 2 atom stereocenters. The highest BCUT2D eigenvalue weighted by Gasteiger charge is 2.37. The normalized spacial score (nSPS) is 20.1. The fourth-order valence-electron chi connectivity index (χ4n) is 3.22. The number of hydrogen-bond acceptors (Lipinski definition) is 6. The highest BCUT2D eigenvalue weighted by atomic mass is 16.4. The fraction of sp³-hybridized carbons (Fsp3) is 0.714. The smallest absolute Gasteiger partial charge is 0.317 e. The van der Waals surface area contributed by atoms with Crippen LogP contribution in [0.5, 0.6) is 0 Å².